The summed E-state index contributed by atoms with van der Waals surface area (Å²) in [6.07, 6.45) is 0.758. The highest BCUT2D eigenvalue weighted by molar-refractivity contribution is 7.09. The van der Waals surface area contributed by atoms with E-state index in [1.807, 2.05) is 35.4 Å². The Morgan fingerprint density at radius 3 is 2.71 bits per heavy atom. The lowest BCUT2D eigenvalue weighted by Gasteiger charge is -2.36. The maximum atomic E-state index is 12.2. The highest BCUT2D eigenvalue weighted by Gasteiger charge is 2.22. The molecule has 2 N–H and O–H groups in total. The minimum Gasteiger partial charge on any atom is -0.506 e. The van der Waals surface area contributed by atoms with Crippen LogP contribution in [-0.4, -0.2) is 53.7 Å². The number of hydrogen-bond donors (Lipinski definition) is 2. The number of aryl methyl sites for hydroxylation is 1. The van der Waals surface area contributed by atoms with Gasteiger partial charge in [0.15, 0.2) is 0 Å². The third-order valence-corrected chi connectivity index (χ3v) is 4.94. The summed E-state index contributed by atoms with van der Waals surface area (Å²) < 4.78 is 0. The van der Waals surface area contributed by atoms with Crippen molar-refractivity contribution in [1.29, 1.82) is 0 Å². The van der Waals surface area contributed by atoms with Gasteiger partial charge in [-0.2, -0.15) is 0 Å². The molecule has 2 aromatic rings. The highest BCUT2D eigenvalue weighted by atomic mass is 32.1. The number of nitrogens with one attached hydrogen (secondary N) is 1. The van der Waals surface area contributed by atoms with Crippen molar-refractivity contribution in [3.63, 3.8) is 0 Å². The van der Waals surface area contributed by atoms with Crippen LogP contribution in [0.1, 0.15) is 10.7 Å². The van der Waals surface area contributed by atoms with Crippen LogP contribution >= 0.6 is 11.3 Å². The second-order valence-electron chi connectivity index (χ2n) is 5.80. The second-order valence-corrected chi connectivity index (χ2v) is 6.86. The van der Waals surface area contributed by atoms with Crippen molar-refractivity contribution in [1.82, 2.24) is 15.2 Å². The van der Waals surface area contributed by atoms with Crippen LogP contribution in [0.2, 0.25) is 0 Å². The molecule has 3 rings (SSSR count). The number of thiazole rings is 1. The van der Waals surface area contributed by atoms with Gasteiger partial charge in [-0.25, -0.2) is 9.78 Å². The van der Waals surface area contributed by atoms with Gasteiger partial charge >= 0.3 is 6.03 Å². The number of piperazine rings is 1. The SMILES string of the molecule is Cc1nc(CCNC(=O)N2CCN(c3ccccc3O)CC2)cs1. The monoisotopic (exact) mass is 346 g/mol. The largest absolute Gasteiger partial charge is 0.506 e. The summed E-state index contributed by atoms with van der Waals surface area (Å²) in [5.41, 5.74) is 1.86. The van der Waals surface area contributed by atoms with Gasteiger partial charge in [-0.1, -0.05) is 12.1 Å². The summed E-state index contributed by atoms with van der Waals surface area (Å²) >= 11 is 1.63. The van der Waals surface area contributed by atoms with Crippen molar-refractivity contribution < 1.29 is 9.90 Å². The molecular formula is C17H22N4O2S. The van der Waals surface area contributed by atoms with E-state index < -0.39 is 0 Å². The lowest BCUT2D eigenvalue weighted by atomic mass is 10.2. The van der Waals surface area contributed by atoms with E-state index in [-0.39, 0.29) is 11.8 Å². The van der Waals surface area contributed by atoms with Gasteiger partial charge in [0.25, 0.3) is 0 Å². The van der Waals surface area contributed by atoms with E-state index in [9.17, 15) is 9.90 Å². The number of benzene rings is 1. The molecule has 6 nitrogen and oxygen atoms in total. The average Bonchev–Trinajstić information content (AvgIpc) is 3.01. The fraction of sp³-hybridized carbons (Fsp3) is 0.412. The molecule has 0 unspecified atom stereocenters. The maximum absolute atomic E-state index is 12.2. The van der Waals surface area contributed by atoms with Gasteiger partial charge in [0.1, 0.15) is 5.75 Å². The fourth-order valence-electron chi connectivity index (χ4n) is 2.81. The summed E-state index contributed by atoms with van der Waals surface area (Å²) in [6, 6.07) is 7.29. The number of carbonyl (C=O) groups excluding carboxylic acids is 1. The number of anilines is 1. The van der Waals surface area contributed by atoms with Gasteiger partial charge in [0.05, 0.1) is 16.4 Å². The maximum Gasteiger partial charge on any atom is 0.317 e. The molecule has 0 radical (unpaired) electrons. The van der Waals surface area contributed by atoms with Crippen molar-refractivity contribution in [2.24, 2.45) is 0 Å². The first-order valence-electron chi connectivity index (χ1n) is 8.10. The molecule has 0 saturated carbocycles. The van der Waals surface area contributed by atoms with Crippen molar-refractivity contribution in [2.75, 3.05) is 37.6 Å². The van der Waals surface area contributed by atoms with Crippen molar-refractivity contribution >= 4 is 23.1 Å². The first-order chi connectivity index (χ1) is 11.6. The van der Waals surface area contributed by atoms with Crippen LogP contribution in [0.15, 0.2) is 29.6 Å². The van der Waals surface area contributed by atoms with Crippen LogP contribution < -0.4 is 10.2 Å². The van der Waals surface area contributed by atoms with Crippen LogP contribution in [0.5, 0.6) is 5.75 Å². The van der Waals surface area contributed by atoms with E-state index >= 15 is 0 Å². The Bertz CT molecular complexity index is 695. The van der Waals surface area contributed by atoms with E-state index in [2.05, 4.69) is 15.2 Å². The number of para-hydroxylation sites is 2. The molecule has 7 heteroatoms. The molecule has 1 aliphatic rings. The van der Waals surface area contributed by atoms with E-state index in [1.54, 1.807) is 17.4 Å². The molecule has 0 bridgehead atoms. The lowest BCUT2D eigenvalue weighted by molar-refractivity contribution is 0.194. The normalized spacial score (nSPS) is 14.7. The molecule has 1 saturated heterocycles. The fourth-order valence-corrected chi connectivity index (χ4v) is 3.46. The number of urea groups is 1. The molecule has 128 valence electrons. The first kappa shape index (κ1) is 16.6. The molecular weight excluding hydrogens is 324 g/mol. The number of aromatic nitrogens is 1. The minimum absolute atomic E-state index is 0.0288. The molecule has 1 aromatic carbocycles. The van der Waals surface area contributed by atoms with Gasteiger partial charge in [0, 0.05) is 44.5 Å². The Morgan fingerprint density at radius 1 is 1.29 bits per heavy atom. The van der Waals surface area contributed by atoms with Crippen LogP contribution in [0, 0.1) is 6.92 Å². The molecule has 0 aliphatic carbocycles. The molecule has 0 atom stereocenters. The number of phenolic OH excluding ortho intramolecular Hbond substituents is 1. The highest BCUT2D eigenvalue weighted by Crippen LogP contribution is 2.27. The molecule has 0 spiro atoms. The van der Waals surface area contributed by atoms with E-state index in [0.29, 0.717) is 19.6 Å². The molecule has 1 aliphatic heterocycles. The Hall–Kier alpha value is -2.28. The summed E-state index contributed by atoms with van der Waals surface area (Å²) in [7, 11) is 0. The second kappa shape index (κ2) is 7.53. The summed E-state index contributed by atoms with van der Waals surface area (Å²) in [5.74, 6) is 0.286. The van der Waals surface area contributed by atoms with Crippen molar-refractivity contribution in [2.45, 2.75) is 13.3 Å². The third kappa shape index (κ3) is 3.97. The number of rotatable bonds is 4. The van der Waals surface area contributed by atoms with Crippen LogP contribution in [-0.2, 0) is 6.42 Å². The van der Waals surface area contributed by atoms with Crippen LogP contribution in [0.4, 0.5) is 10.5 Å². The Balaban J connectivity index is 1.44. The zero-order chi connectivity index (χ0) is 16.9. The van der Waals surface area contributed by atoms with E-state index in [4.69, 9.17) is 0 Å². The molecule has 2 heterocycles. The predicted octanol–water partition coefficient (Wildman–Crippen LogP) is 2.23. The predicted molar refractivity (Wildman–Crippen MR) is 95.8 cm³/mol. The third-order valence-electron chi connectivity index (χ3n) is 4.11. The average molecular weight is 346 g/mol. The molecule has 1 fully saturated rings. The summed E-state index contributed by atoms with van der Waals surface area (Å²) in [5, 5.41) is 16.0. The van der Waals surface area contributed by atoms with Crippen molar-refractivity contribution in [3.05, 3.63) is 40.3 Å². The quantitative estimate of drug-likeness (QED) is 0.891. The topological polar surface area (TPSA) is 68.7 Å². The van der Waals surface area contributed by atoms with Gasteiger partial charge in [-0.3, -0.25) is 0 Å². The molecule has 1 aromatic heterocycles. The lowest BCUT2D eigenvalue weighted by Crippen LogP contribution is -2.52. The number of carbonyl (C=O) groups is 1. The smallest absolute Gasteiger partial charge is 0.317 e. The number of phenols is 1. The molecule has 2 amide bonds. The zero-order valence-electron chi connectivity index (χ0n) is 13.7. The van der Waals surface area contributed by atoms with Crippen LogP contribution in [0.3, 0.4) is 0 Å². The Kier molecular flexibility index (Phi) is 5.20. The van der Waals surface area contributed by atoms with Gasteiger partial charge in [-0.15, -0.1) is 11.3 Å². The zero-order valence-corrected chi connectivity index (χ0v) is 14.6. The first-order valence-corrected chi connectivity index (χ1v) is 8.98. The van der Waals surface area contributed by atoms with E-state index in [1.165, 1.54) is 0 Å². The van der Waals surface area contributed by atoms with Crippen molar-refractivity contribution in [3.8, 4) is 5.75 Å². The Morgan fingerprint density at radius 2 is 2.04 bits per heavy atom. The number of amides is 2. The number of hydrogen-bond acceptors (Lipinski definition) is 5. The summed E-state index contributed by atoms with van der Waals surface area (Å²) in [6.45, 7) is 5.32. The van der Waals surface area contributed by atoms with Gasteiger partial charge in [0.2, 0.25) is 0 Å². The van der Waals surface area contributed by atoms with Crippen LogP contribution in [0.25, 0.3) is 0 Å². The summed E-state index contributed by atoms with van der Waals surface area (Å²) in [4.78, 5) is 20.6. The standard InChI is InChI=1S/C17H22N4O2S/c1-13-19-14(12-24-13)6-7-18-17(23)21-10-8-20(9-11-21)15-4-2-3-5-16(15)22/h2-5,12,22H,6-11H2,1H3,(H,18,23). The minimum atomic E-state index is -0.0288. The molecule has 24 heavy (non-hydrogen) atoms. The van der Waals surface area contributed by atoms with E-state index in [0.717, 1.165) is 35.9 Å². The number of nitrogens with zero attached hydrogens (tertiary/aromatic N) is 3. The van der Waals surface area contributed by atoms with Gasteiger partial charge in [-0.05, 0) is 19.1 Å². The van der Waals surface area contributed by atoms with Gasteiger partial charge < -0.3 is 20.2 Å². The Labute approximate surface area is 145 Å². The number of aromatic hydroxyl groups is 1.